The van der Waals surface area contributed by atoms with Gasteiger partial charge < -0.3 is 14.0 Å². The second-order valence-corrected chi connectivity index (χ2v) is 11.8. The molecule has 1 radical (unpaired) electrons. The van der Waals surface area contributed by atoms with E-state index in [9.17, 15) is 0 Å². The number of hydrogen-bond donors (Lipinski definition) is 0. The van der Waals surface area contributed by atoms with Crippen molar-refractivity contribution < 1.29 is 24.5 Å². The van der Waals surface area contributed by atoms with Gasteiger partial charge in [0.2, 0.25) is 5.71 Å². The summed E-state index contributed by atoms with van der Waals surface area (Å²) in [5.74, 6) is 1.49. The van der Waals surface area contributed by atoms with Crippen LogP contribution >= 0.6 is 0 Å². The van der Waals surface area contributed by atoms with Crippen molar-refractivity contribution in [3.63, 3.8) is 0 Å². The SMILES string of the molecule is CC(C)c1ccc2nc(-c3[c-]cccc3)n3c2c1C=CC3(C)C.Cc1ccc2c(n1)oc1c(-c3ccccn3)[c-]ccc12.[Ir]. The Hall–Kier alpha value is -4.38. The van der Waals surface area contributed by atoms with Crippen LogP contribution in [0.5, 0.6) is 0 Å². The molecule has 44 heavy (non-hydrogen) atoms. The number of rotatable bonds is 3. The minimum absolute atomic E-state index is 0. The van der Waals surface area contributed by atoms with Crippen LogP contribution in [0.2, 0.25) is 0 Å². The topological polar surface area (TPSA) is 56.7 Å². The number of aryl methyl sites for hydroxylation is 1. The first-order chi connectivity index (χ1) is 20.8. The molecule has 0 spiro atoms. The zero-order valence-electron chi connectivity index (χ0n) is 25.3. The predicted molar refractivity (Wildman–Crippen MR) is 175 cm³/mol. The molecular weight excluding hydrogens is 721 g/mol. The molecule has 4 aromatic heterocycles. The van der Waals surface area contributed by atoms with Crippen molar-refractivity contribution in [3.05, 3.63) is 120 Å². The number of nitrogens with zero attached hydrogens (tertiary/aromatic N) is 4. The van der Waals surface area contributed by atoms with Gasteiger partial charge in [0, 0.05) is 42.9 Å². The molecule has 1 aliphatic heterocycles. The van der Waals surface area contributed by atoms with E-state index >= 15 is 0 Å². The number of fused-ring (bicyclic) bond motifs is 3. The van der Waals surface area contributed by atoms with E-state index in [1.54, 1.807) is 6.20 Å². The predicted octanol–water partition coefficient (Wildman–Crippen LogP) is 9.54. The van der Waals surface area contributed by atoms with Gasteiger partial charge in [-0.1, -0.05) is 55.1 Å². The minimum atomic E-state index is -0.101. The molecule has 5 nitrogen and oxygen atoms in total. The average Bonchev–Trinajstić information content (AvgIpc) is 3.60. The molecule has 0 saturated heterocycles. The van der Waals surface area contributed by atoms with Crippen LogP contribution in [0.15, 0.2) is 95.6 Å². The largest absolute Gasteiger partial charge is 0.486 e. The summed E-state index contributed by atoms with van der Waals surface area (Å²) in [5.41, 5.74) is 10.1. The van der Waals surface area contributed by atoms with E-state index in [4.69, 9.17) is 9.40 Å². The summed E-state index contributed by atoms with van der Waals surface area (Å²) in [6.07, 6.45) is 6.33. The fourth-order valence-corrected chi connectivity index (χ4v) is 5.94. The first kappa shape index (κ1) is 29.7. The van der Waals surface area contributed by atoms with E-state index in [0.29, 0.717) is 11.6 Å². The molecule has 5 heterocycles. The quantitative estimate of drug-likeness (QED) is 0.169. The van der Waals surface area contributed by atoms with Crippen LogP contribution in [-0.2, 0) is 25.6 Å². The standard InChI is InChI=1S/C21H21N2.C17H11N2O.Ir/c1-14(2)16-10-11-18-19-17(16)12-13-21(3,4)23(19)20(22-18)15-8-6-5-7-9-15;1-11-8-9-13-12-5-4-6-14(15-7-2-3-10-18-15)16(12)20-17(13)19-11;/h5-8,10-14H,1-4H3;2-5,7-10H,1H3;/q2*-1;. The third-order valence-electron chi connectivity index (χ3n) is 8.06. The number of benzene rings is 3. The maximum absolute atomic E-state index is 5.94. The maximum Gasteiger partial charge on any atom is 0.216 e. The molecule has 0 saturated carbocycles. The van der Waals surface area contributed by atoms with Gasteiger partial charge in [-0.15, -0.1) is 54.1 Å². The van der Waals surface area contributed by atoms with Gasteiger partial charge in [0.1, 0.15) is 0 Å². The zero-order valence-corrected chi connectivity index (χ0v) is 27.7. The molecule has 0 atom stereocenters. The average molecular weight is 753 g/mol. The molecule has 1 aliphatic rings. The third-order valence-corrected chi connectivity index (χ3v) is 8.06. The number of hydrogen-bond acceptors (Lipinski definition) is 4. The Labute approximate surface area is 271 Å². The molecule has 6 heteroatoms. The van der Waals surface area contributed by atoms with E-state index in [1.807, 2.05) is 67.6 Å². The molecule has 0 bridgehead atoms. The fraction of sp³-hybridized carbons (Fsp3) is 0.184. The van der Waals surface area contributed by atoms with Gasteiger partial charge in [-0.2, -0.15) is 0 Å². The summed E-state index contributed by atoms with van der Waals surface area (Å²) >= 11 is 0. The van der Waals surface area contributed by atoms with Crippen molar-refractivity contribution in [2.24, 2.45) is 0 Å². The Morgan fingerprint density at radius 2 is 1.70 bits per heavy atom. The monoisotopic (exact) mass is 753 g/mol. The number of aromatic nitrogens is 4. The summed E-state index contributed by atoms with van der Waals surface area (Å²) in [6.45, 7) is 10.9. The van der Waals surface area contributed by atoms with Gasteiger partial charge in [0.15, 0.2) is 0 Å². The molecule has 0 unspecified atom stereocenters. The number of imidazole rings is 1. The normalized spacial score (nSPS) is 13.2. The van der Waals surface area contributed by atoms with E-state index in [2.05, 4.69) is 84.7 Å². The van der Waals surface area contributed by atoms with Crippen LogP contribution in [-0.4, -0.2) is 19.5 Å². The van der Waals surface area contributed by atoms with Gasteiger partial charge in [0.05, 0.1) is 28.0 Å². The second-order valence-electron chi connectivity index (χ2n) is 11.8. The smallest absolute Gasteiger partial charge is 0.216 e. The third kappa shape index (κ3) is 5.08. The van der Waals surface area contributed by atoms with Crippen molar-refractivity contribution in [2.45, 2.75) is 46.1 Å². The minimum Gasteiger partial charge on any atom is -0.486 e. The summed E-state index contributed by atoms with van der Waals surface area (Å²) in [4.78, 5) is 13.8. The van der Waals surface area contributed by atoms with Gasteiger partial charge in [-0.25, -0.2) is 4.98 Å². The molecule has 221 valence electrons. The Morgan fingerprint density at radius 1 is 0.864 bits per heavy atom. The van der Waals surface area contributed by atoms with Gasteiger partial charge >= 0.3 is 0 Å². The first-order valence-electron chi connectivity index (χ1n) is 14.7. The van der Waals surface area contributed by atoms with E-state index in [1.165, 1.54) is 16.6 Å². The summed E-state index contributed by atoms with van der Waals surface area (Å²) in [5, 5.41) is 2.07. The first-order valence-corrected chi connectivity index (χ1v) is 14.7. The van der Waals surface area contributed by atoms with Crippen molar-refractivity contribution in [2.75, 3.05) is 0 Å². The molecule has 0 N–H and O–H groups in total. The molecule has 8 rings (SSSR count). The second kappa shape index (κ2) is 11.6. The van der Waals surface area contributed by atoms with Crippen LogP contribution in [0, 0.1) is 19.1 Å². The van der Waals surface area contributed by atoms with Gasteiger partial charge in [-0.05, 0) is 62.2 Å². The van der Waals surface area contributed by atoms with Crippen LogP contribution in [0.1, 0.15) is 50.4 Å². The number of furan rings is 1. The summed E-state index contributed by atoms with van der Waals surface area (Å²) < 4.78 is 8.31. The Kier molecular flexibility index (Phi) is 7.83. The number of allylic oxidation sites excluding steroid dienone is 1. The molecule has 0 amide bonds. The van der Waals surface area contributed by atoms with Crippen molar-refractivity contribution >= 4 is 39.2 Å². The zero-order chi connectivity index (χ0) is 29.7. The fourth-order valence-electron chi connectivity index (χ4n) is 5.94. The van der Waals surface area contributed by atoms with Crippen molar-refractivity contribution in [1.29, 1.82) is 0 Å². The van der Waals surface area contributed by atoms with Crippen molar-refractivity contribution in [1.82, 2.24) is 19.5 Å². The van der Waals surface area contributed by atoms with Crippen molar-refractivity contribution in [3.8, 4) is 22.6 Å². The van der Waals surface area contributed by atoms with E-state index in [-0.39, 0.29) is 25.6 Å². The van der Waals surface area contributed by atoms with Crippen LogP contribution in [0.25, 0.3) is 61.8 Å². The van der Waals surface area contributed by atoms with Crippen LogP contribution in [0.4, 0.5) is 0 Å². The molecule has 0 fully saturated rings. The van der Waals surface area contributed by atoms with E-state index in [0.717, 1.165) is 50.2 Å². The molecule has 0 aliphatic carbocycles. The Balaban J connectivity index is 0.000000154. The van der Waals surface area contributed by atoms with E-state index < -0.39 is 0 Å². The van der Waals surface area contributed by atoms with Crippen LogP contribution < -0.4 is 0 Å². The van der Waals surface area contributed by atoms with Crippen LogP contribution in [0.3, 0.4) is 0 Å². The van der Waals surface area contributed by atoms with Gasteiger partial charge in [0.25, 0.3) is 0 Å². The summed E-state index contributed by atoms with van der Waals surface area (Å²) in [6, 6.07) is 32.8. The summed E-state index contributed by atoms with van der Waals surface area (Å²) in [7, 11) is 0. The Morgan fingerprint density at radius 3 is 2.45 bits per heavy atom. The Bertz CT molecular complexity index is 2140. The van der Waals surface area contributed by atoms with Gasteiger partial charge in [-0.3, -0.25) is 4.98 Å². The molecular formula is C38H32IrN4O-2. The molecule has 7 aromatic rings. The number of pyridine rings is 2. The maximum atomic E-state index is 5.94. The molecule has 3 aromatic carbocycles.